The molecule has 0 atom stereocenters. The Morgan fingerprint density at radius 1 is 0.714 bits per heavy atom. The van der Waals surface area contributed by atoms with Crippen molar-refractivity contribution >= 4 is 24.8 Å². The van der Waals surface area contributed by atoms with E-state index in [0.717, 1.165) is 0 Å². The Morgan fingerprint density at radius 3 is 1.38 bits per heavy atom. The first-order chi connectivity index (χ1) is 9.24. The predicted octanol–water partition coefficient (Wildman–Crippen LogP) is 6.72. The molecule has 2 aliphatic rings. The molecule has 118 valence electrons. The largest absolute Gasteiger partial charge is 0.147 e. The van der Waals surface area contributed by atoms with Gasteiger partial charge in [-0.2, -0.15) is 0 Å². The molecule has 2 rings (SSSR count). The fourth-order valence-electron chi connectivity index (χ4n) is 3.36. The van der Waals surface area contributed by atoms with Gasteiger partial charge >= 0.3 is 130 Å². The molecule has 21 heavy (non-hydrogen) atoms. The normalized spacial score (nSPS) is 17.3. The molecule has 0 saturated carbocycles. The maximum absolute atomic E-state index is 2.51. The van der Waals surface area contributed by atoms with E-state index in [9.17, 15) is 0 Å². The molecule has 0 spiro atoms. The molecule has 0 unspecified atom stereocenters. The van der Waals surface area contributed by atoms with Crippen molar-refractivity contribution in [2.75, 3.05) is 0 Å². The Morgan fingerprint density at radius 2 is 1.10 bits per heavy atom. The van der Waals surface area contributed by atoms with Gasteiger partial charge in [-0.15, -0.1) is 24.8 Å². The summed E-state index contributed by atoms with van der Waals surface area (Å²) in [6, 6.07) is 0. The van der Waals surface area contributed by atoms with Gasteiger partial charge in [0.05, 0.1) is 0 Å². The molecule has 2 aliphatic carbocycles. The first kappa shape index (κ1) is 21.4. The van der Waals surface area contributed by atoms with E-state index in [4.69, 9.17) is 0 Å². The molecule has 0 aromatic rings. The molecule has 0 bridgehead atoms. The second-order valence-electron chi connectivity index (χ2n) is 5.32. The van der Waals surface area contributed by atoms with Gasteiger partial charge in [0, 0.05) is 0 Å². The number of hydrogen-bond acceptors (Lipinski definition) is 0. The Bertz CT molecular complexity index is 437. The summed E-state index contributed by atoms with van der Waals surface area (Å²) < 4.78 is 3.79. The van der Waals surface area contributed by atoms with Crippen LogP contribution in [0, 0.1) is 0 Å². The number of rotatable bonds is 6. The zero-order valence-electron chi connectivity index (χ0n) is 13.7. The molecule has 0 aromatic carbocycles. The third-order valence-corrected chi connectivity index (χ3v) is 10.2. The second-order valence-corrected chi connectivity index (χ2v) is 10.6. The van der Waals surface area contributed by atoms with Crippen molar-refractivity contribution in [3.8, 4) is 0 Å². The van der Waals surface area contributed by atoms with Crippen LogP contribution in [0.5, 0.6) is 0 Å². The summed E-state index contributed by atoms with van der Waals surface area (Å²) in [7, 11) is 0. The Hall–Kier alpha value is 0.410. The summed E-state index contributed by atoms with van der Waals surface area (Å²) in [6.07, 6.45) is 12.6. The van der Waals surface area contributed by atoms with Crippen molar-refractivity contribution in [2.45, 2.75) is 66.2 Å². The third kappa shape index (κ3) is 4.69. The molecule has 0 amide bonds. The molecule has 0 fully saturated rings. The van der Waals surface area contributed by atoms with Crippen LogP contribution in [0.3, 0.4) is 0 Å². The summed E-state index contributed by atoms with van der Waals surface area (Å²) in [5.74, 6) is 0. The van der Waals surface area contributed by atoms with Crippen LogP contribution >= 0.6 is 24.8 Å². The standard InChI is InChI=1S/2C9H13.2ClH.Hf/c2*1-3-8-6-5-7-9(8)4-2;;;/h2*6H,3-5H2,1-2H3;2*1H;. The van der Waals surface area contributed by atoms with Gasteiger partial charge in [0.2, 0.25) is 0 Å². The fourth-order valence-corrected chi connectivity index (χ4v) is 9.65. The average molecular weight is 494 g/mol. The summed E-state index contributed by atoms with van der Waals surface area (Å²) >= 11 is -0.743. The van der Waals surface area contributed by atoms with Crippen molar-refractivity contribution in [3.05, 3.63) is 41.1 Å². The van der Waals surface area contributed by atoms with Gasteiger partial charge in [-0.1, -0.05) is 0 Å². The molecule has 0 N–H and O–H groups in total. The van der Waals surface area contributed by atoms with Crippen LogP contribution < -0.4 is 0 Å². The predicted molar refractivity (Wildman–Crippen MR) is 95.1 cm³/mol. The van der Waals surface area contributed by atoms with Gasteiger partial charge < -0.3 is 0 Å². The van der Waals surface area contributed by atoms with E-state index in [-0.39, 0.29) is 24.8 Å². The Balaban J connectivity index is 0.00000200. The molecule has 0 aromatic heterocycles. The molecule has 0 heterocycles. The summed E-state index contributed by atoms with van der Waals surface area (Å²) in [4.78, 5) is 0. The van der Waals surface area contributed by atoms with Gasteiger partial charge in [-0.05, 0) is 0 Å². The smallest absolute Gasteiger partial charge is 0.147 e. The topological polar surface area (TPSA) is 0 Å². The van der Waals surface area contributed by atoms with Crippen LogP contribution in [-0.2, 0) is 22.9 Å². The van der Waals surface area contributed by atoms with Crippen LogP contribution in [0.4, 0.5) is 0 Å². The second kappa shape index (κ2) is 10.2. The first-order valence-electron chi connectivity index (χ1n) is 7.84. The van der Waals surface area contributed by atoms with Gasteiger partial charge in [0.15, 0.2) is 0 Å². The van der Waals surface area contributed by atoms with Crippen molar-refractivity contribution in [1.82, 2.24) is 0 Å². The monoisotopic (exact) mass is 494 g/mol. The fraction of sp³-hybridized carbons (Fsp3) is 0.556. The SMILES string of the molecule is CCC1=CC[C]([Hf][C]2=C(CC)C(CC)=CC2)=C1CC.Cl.Cl. The van der Waals surface area contributed by atoms with Gasteiger partial charge in [0.25, 0.3) is 0 Å². The number of allylic oxidation sites excluding steroid dienone is 8. The minimum atomic E-state index is -0.743. The van der Waals surface area contributed by atoms with Crippen molar-refractivity contribution in [2.24, 2.45) is 0 Å². The molecule has 0 aliphatic heterocycles. The van der Waals surface area contributed by atoms with E-state index >= 15 is 0 Å². The molecule has 0 nitrogen and oxygen atoms in total. The quantitative estimate of drug-likeness (QED) is 0.360. The zero-order valence-corrected chi connectivity index (χ0v) is 18.9. The maximum atomic E-state index is 2.51. The maximum Gasteiger partial charge on any atom is -0.147 e. The average Bonchev–Trinajstić information content (AvgIpc) is 3.01. The van der Waals surface area contributed by atoms with Crippen molar-refractivity contribution < 1.29 is 22.9 Å². The molecular weight excluding hydrogens is 466 g/mol. The van der Waals surface area contributed by atoms with Crippen LogP contribution in [0.1, 0.15) is 66.2 Å². The van der Waals surface area contributed by atoms with E-state index in [1.807, 2.05) is 6.66 Å². The molecule has 3 heteroatoms. The molecular formula is C18H28Cl2Hf. The summed E-state index contributed by atoms with van der Waals surface area (Å²) in [6.45, 7) is 9.29. The van der Waals surface area contributed by atoms with Gasteiger partial charge in [-0.3, -0.25) is 0 Å². The number of hydrogen-bond donors (Lipinski definition) is 0. The Kier molecular flexibility index (Phi) is 10.4. The van der Waals surface area contributed by atoms with Crippen molar-refractivity contribution in [1.29, 1.82) is 0 Å². The van der Waals surface area contributed by atoms with Gasteiger partial charge in [0.1, 0.15) is 0 Å². The van der Waals surface area contributed by atoms with E-state index in [2.05, 4.69) is 39.8 Å². The van der Waals surface area contributed by atoms with E-state index in [1.54, 1.807) is 22.3 Å². The Labute approximate surface area is 154 Å². The van der Waals surface area contributed by atoms with E-state index in [0.29, 0.717) is 0 Å². The zero-order chi connectivity index (χ0) is 13.8. The van der Waals surface area contributed by atoms with Crippen LogP contribution in [0.25, 0.3) is 0 Å². The number of halogens is 2. The van der Waals surface area contributed by atoms with Gasteiger partial charge in [-0.25, -0.2) is 0 Å². The van der Waals surface area contributed by atoms with Crippen LogP contribution in [-0.4, -0.2) is 0 Å². The first-order valence-corrected chi connectivity index (χ1v) is 11.4. The molecule has 0 radical (unpaired) electrons. The summed E-state index contributed by atoms with van der Waals surface area (Å²) in [5.41, 5.74) is 6.81. The minimum absolute atomic E-state index is 0. The minimum Gasteiger partial charge on any atom is -0.147 e. The third-order valence-electron chi connectivity index (χ3n) is 4.38. The van der Waals surface area contributed by atoms with Crippen LogP contribution in [0.15, 0.2) is 41.1 Å². The van der Waals surface area contributed by atoms with Crippen molar-refractivity contribution in [3.63, 3.8) is 0 Å². The van der Waals surface area contributed by atoms with E-state index in [1.165, 1.54) is 38.5 Å². The van der Waals surface area contributed by atoms with Crippen LogP contribution in [0.2, 0.25) is 0 Å². The summed E-state index contributed by atoms with van der Waals surface area (Å²) in [5, 5.41) is 0. The van der Waals surface area contributed by atoms with E-state index < -0.39 is 22.9 Å². The molecule has 0 saturated heterocycles.